The number of thioether (sulfide) groups is 1. The van der Waals surface area contributed by atoms with Gasteiger partial charge in [0.05, 0.1) is 36.7 Å². The third-order valence-corrected chi connectivity index (χ3v) is 5.81. The summed E-state index contributed by atoms with van der Waals surface area (Å²) < 4.78 is 10.6. The predicted molar refractivity (Wildman–Crippen MR) is 128 cm³/mol. The second-order valence-corrected chi connectivity index (χ2v) is 8.03. The molecule has 1 N–H and O–H groups in total. The molecule has 4 aromatic rings. The lowest BCUT2D eigenvalue weighted by atomic mass is 10.1. The van der Waals surface area contributed by atoms with Crippen LogP contribution in [-0.2, 0) is 11.2 Å². The van der Waals surface area contributed by atoms with Crippen molar-refractivity contribution in [1.82, 2.24) is 9.97 Å². The molecule has 0 aliphatic carbocycles. The molecule has 1 heterocycles. The first-order valence-corrected chi connectivity index (χ1v) is 11.1. The standard InChI is InChI=1S/C25H23N3O3S/c1-30-19-9-5-7-17(13-19)14-23-25(28-22-12-4-3-11-21(22)27-23)32-16-24(29)26-18-8-6-10-20(15-18)31-2/h3-13,15H,14,16H2,1-2H3,(H,26,29). The number of para-hydroxylation sites is 2. The van der Waals surface area contributed by atoms with Crippen LogP contribution in [-0.4, -0.2) is 35.8 Å². The molecule has 32 heavy (non-hydrogen) atoms. The average Bonchev–Trinajstić information content (AvgIpc) is 2.83. The third kappa shape index (κ3) is 5.36. The van der Waals surface area contributed by atoms with E-state index >= 15 is 0 Å². The molecule has 0 bridgehead atoms. The molecular weight excluding hydrogens is 422 g/mol. The Balaban J connectivity index is 1.54. The van der Waals surface area contributed by atoms with Crippen LogP contribution >= 0.6 is 11.8 Å². The van der Waals surface area contributed by atoms with Crippen LogP contribution in [0.2, 0.25) is 0 Å². The van der Waals surface area contributed by atoms with E-state index in [2.05, 4.69) is 5.32 Å². The van der Waals surface area contributed by atoms with Crippen molar-refractivity contribution in [3.63, 3.8) is 0 Å². The number of methoxy groups -OCH3 is 2. The van der Waals surface area contributed by atoms with Gasteiger partial charge in [-0.1, -0.05) is 42.1 Å². The van der Waals surface area contributed by atoms with Crippen molar-refractivity contribution in [1.29, 1.82) is 0 Å². The topological polar surface area (TPSA) is 73.3 Å². The summed E-state index contributed by atoms with van der Waals surface area (Å²) in [5, 5.41) is 3.65. The van der Waals surface area contributed by atoms with E-state index in [0.717, 1.165) is 33.1 Å². The van der Waals surface area contributed by atoms with Crippen molar-refractivity contribution < 1.29 is 14.3 Å². The number of ether oxygens (including phenoxy) is 2. The highest BCUT2D eigenvalue weighted by Gasteiger charge is 2.13. The fourth-order valence-electron chi connectivity index (χ4n) is 3.26. The highest BCUT2D eigenvalue weighted by atomic mass is 32.2. The maximum Gasteiger partial charge on any atom is 0.234 e. The van der Waals surface area contributed by atoms with Gasteiger partial charge < -0.3 is 14.8 Å². The van der Waals surface area contributed by atoms with Crippen molar-refractivity contribution in [2.75, 3.05) is 25.3 Å². The summed E-state index contributed by atoms with van der Waals surface area (Å²) in [5.41, 5.74) is 4.22. The summed E-state index contributed by atoms with van der Waals surface area (Å²) in [5.74, 6) is 1.58. The Morgan fingerprint density at radius 3 is 2.31 bits per heavy atom. The Labute approximate surface area is 191 Å². The van der Waals surface area contributed by atoms with E-state index in [9.17, 15) is 4.79 Å². The molecule has 0 aliphatic rings. The van der Waals surface area contributed by atoms with E-state index in [1.54, 1.807) is 20.3 Å². The summed E-state index contributed by atoms with van der Waals surface area (Å²) in [4.78, 5) is 22.2. The van der Waals surface area contributed by atoms with Gasteiger partial charge in [0.15, 0.2) is 0 Å². The molecule has 7 heteroatoms. The van der Waals surface area contributed by atoms with Gasteiger partial charge in [-0.25, -0.2) is 9.97 Å². The lowest BCUT2D eigenvalue weighted by molar-refractivity contribution is -0.113. The third-order valence-electron chi connectivity index (χ3n) is 4.81. The molecule has 0 aliphatic heterocycles. The first-order chi connectivity index (χ1) is 15.6. The van der Waals surface area contributed by atoms with Gasteiger partial charge >= 0.3 is 0 Å². The zero-order chi connectivity index (χ0) is 22.3. The number of fused-ring (bicyclic) bond motifs is 1. The molecule has 0 saturated heterocycles. The van der Waals surface area contributed by atoms with Gasteiger partial charge in [0.1, 0.15) is 16.5 Å². The second-order valence-electron chi connectivity index (χ2n) is 7.06. The molecule has 0 spiro atoms. The van der Waals surface area contributed by atoms with E-state index in [4.69, 9.17) is 19.4 Å². The highest BCUT2D eigenvalue weighted by Crippen LogP contribution is 2.26. The minimum Gasteiger partial charge on any atom is -0.497 e. The Bertz CT molecular complexity index is 1250. The number of hydrogen-bond donors (Lipinski definition) is 1. The quantitative estimate of drug-likeness (QED) is 0.386. The summed E-state index contributed by atoms with van der Waals surface area (Å²) >= 11 is 1.38. The molecule has 0 saturated carbocycles. The zero-order valence-corrected chi connectivity index (χ0v) is 18.7. The van der Waals surface area contributed by atoms with Gasteiger partial charge in [-0.3, -0.25) is 4.79 Å². The number of hydrogen-bond acceptors (Lipinski definition) is 6. The van der Waals surface area contributed by atoms with Crippen molar-refractivity contribution in [2.45, 2.75) is 11.4 Å². The molecule has 4 rings (SSSR count). The summed E-state index contributed by atoms with van der Waals surface area (Å²) in [6.07, 6.45) is 0.592. The van der Waals surface area contributed by atoms with Crippen LogP contribution in [0, 0.1) is 0 Å². The Hall–Kier alpha value is -3.58. The number of carbonyl (C=O) groups excluding carboxylic acids is 1. The van der Waals surface area contributed by atoms with Crippen LogP contribution in [0.1, 0.15) is 11.3 Å². The maximum atomic E-state index is 12.6. The smallest absolute Gasteiger partial charge is 0.234 e. The highest BCUT2D eigenvalue weighted by molar-refractivity contribution is 8.00. The van der Waals surface area contributed by atoms with Crippen molar-refractivity contribution in [3.8, 4) is 11.5 Å². The molecule has 3 aromatic carbocycles. The van der Waals surface area contributed by atoms with Gasteiger partial charge in [0.25, 0.3) is 0 Å². The number of nitrogens with one attached hydrogen (secondary N) is 1. The minimum absolute atomic E-state index is 0.120. The lowest BCUT2D eigenvalue weighted by Crippen LogP contribution is -2.14. The molecule has 6 nitrogen and oxygen atoms in total. The van der Waals surface area contributed by atoms with Crippen molar-refractivity contribution in [2.24, 2.45) is 0 Å². The Kier molecular flexibility index (Phi) is 6.87. The largest absolute Gasteiger partial charge is 0.497 e. The fraction of sp³-hybridized carbons (Fsp3) is 0.160. The number of aromatic nitrogens is 2. The zero-order valence-electron chi connectivity index (χ0n) is 17.9. The van der Waals surface area contributed by atoms with E-state index in [1.807, 2.05) is 66.7 Å². The van der Waals surface area contributed by atoms with Gasteiger partial charge in [-0.2, -0.15) is 0 Å². The van der Waals surface area contributed by atoms with Crippen LogP contribution in [0.25, 0.3) is 11.0 Å². The minimum atomic E-state index is -0.120. The van der Waals surface area contributed by atoms with E-state index in [0.29, 0.717) is 17.9 Å². The first-order valence-electron chi connectivity index (χ1n) is 10.1. The van der Waals surface area contributed by atoms with Crippen molar-refractivity contribution in [3.05, 3.63) is 84.1 Å². The van der Waals surface area contributed by atoms with Crippen LogP contribution in [0.3, 0.4) is 0 Å². The predicted octanol–water partition coefficient (Wildman–Crippen LogP) is 4.97. The molecule has 0 radical (unpaired) electrons. The fourth-order valence-corrected chi connectivity index (χ4v) is 4.05. The van der Waals surface area contributed by atoms with Crippen molar-refractivity contribution >= 4 is 34.4 Å². The van der Waals surface area contributed by atoms with E-state index in [1.165, 1.54) is 11.8 Å². The first kappa shape index (κ1) is 21.6. The molecule has 162 valence electrons. The van der Waals surface area contributed by atoms with Gasteiger partial charge in [0.2, 0.25) is 5.91 Å². The second kappa shape index (κ2) is 10.2. The number of rotatable bonds is 8. The summed E-state index contributed by atoms with van der Waals surface area (Å²) in [6, 6.07) is 22.9. The molecule has 1 amide bonds. The molecule has 0 fully saturated rings. The average molecular weight is 446 g/mol. The van der Waals surface area contributed by atoms with Crippen LogP contribution in [0.15, 0.2) is 77.8 Å². The van der Waals surface area contributed by atoms with Gasteiger partial charge in [-0.05, 0) is 42.0 Å². The monoisotopic (exact) mass is 445 g/mol. The Morgan fingerprint density at radius 2 is 1.56 bits per heavy atom. The van der Waals surface area contributed by atoms with Crippen LogP contribution in [0.5, 0.6) is 11.5 Å². The normalized spacial score (nSPS) is 10.7. The Morgan fingerprint density at radius 1 is 0.875 bits per heavy atom. The van der Waals surface area contributed by atoms with E-state index in [-0.39, 0.29) is 11.7 Å². The van der Waals surface area contributed by atoms with Gasteiger partial charge in [-0.15, -0.1) is 0 Å². The number of nitrogens with zero attached hydrogens (tertiary/aromatic N) is 2. The number of benzene rings is 3. The molecular formula is C25H23N3O3S. The lowest BCUT2D eigenvalue weighted by Gasteiger charge is -2.11. The molecule has 1 aromatic heterocycles. The van der Waals surface area contributed by atoms with Crippen LogP contribution in [0.4, 0.5) is 5.69 Å². The molecule has 0 unspecified atom stereocenters. The number of anilines is 1. The van der Waals surface area contributed by atoms with Crippen LogP contribution < -0.4 is 14.8 Å². The number of carbonyl (C=O) groups is 1. The molecule has 0 atom stereocenters. The number of amides is 1. The summed E-state index contributed by atoms with van der Waals surface area (Å²) in [7, 11) is 3.25. The van der Waals surface area contributed by atoms with Gasteiger partial charge in [0, 0.05) is 18.2 Å². The summed E-state index contributed by atoms with van der Waals surface area (Å²) in [6.45, 7) is 0. The maximum absolute atomic E-state index is 12.6. The SMILES string of the molecule is COc1cccc(Cc2nc3ccccc3nc2SCC(=O)Nc2cccc(OC)c2)c1. The van der Waals surface area contributed by atoms with E-state index < -0.39 is 0 Å².